The number of ether oxygens (including phenoxy) is 2. The van der Waals surface area contributed by atoms with Crippen molar-refractivity contribution < 1.29 is 34.4 Å². The van der Waals surface area contributed by atoms with Crippen LogP contribution in [0.5, 0.6) is 11.5 Å². The minimum absolute atomic E-state index is 0.00237. The third-order valence-electron chi connectivity index (χ3n) is 9.07. The topological polar surface area (TPSA) is 129 Å². The molecular weight excluding hydrogens is 476 g/mol. The summed E-state index contributed by atoms with van der Waals surface area (Å²) >= 11 is 0. The number of phenolic OH excluding ortho intramolecular Hbond substituents is 1. The van der Waals surface area contributed by atoms with Crippen molar-refractivity contribution in [2.75, 3.05) is 13.1 Å². The minimum Gasteiger partial charge on any atom is -0.508 e. The van der Waals surface area contributed by atoms with Crippen LogP contribution in [0.2, 0.25) is 0 Å². The fraction of sp³-hybridized carbons (Fsp3) is 0.643. The van der Waals surface area contributed by atoms with Crippen LogP contribution >= 0.6 is 0 Å². The van der Waals surface area contributed by atoms with Gasteiger partial charge in [0.15, 0.2) is 17.6 Å². The van der Waals surface area contributed by atoms with E-state index >= 15 is 0 Å². The summed E-state index contributed by atoms with van der Waals surface area (Å²) < 4.78 is 11.5. The van der Waals surface area contributed by atoms with Gasteiger partial charge in [0.2, 0.25) is 0 Å². The van der Waals surface area contributed by atoms with E-state index in [2.05, 4.69) is 10.2 Å². The molecule has 0 aromatic heterocycles. The molecule has 3 aliphatic carbocycles. The summed E-state index contributed by atoms with van der Waals surface area (Å²) in [5, 5.41) is 37.5. The molecule has 2 heterocycles. The Labute approximate surface area is 216 Å². The van der Waals surface area contributed by atoms with Gasteiger partial charge in [-0.15, -0.1) is 0 Å². The third kappa shape index (κ3) is 3.36. The number of piperidine rings is 1. The van der Waals surface area contributed by atoms with E-state index in [0.29, 0.717) is 18.8 Å². The van der Waals surface area contributed by atoms with Crippen LogP contribution in [0.1, 0.15) is 64.5 Å². The van der Waals surface area contributed by atoms with Gasteiger partial charge in [0, 0.05) is 24.6 Å². The number of hydrogen-bond acceptors (Lipinski definition) is 8. The number of aliphatic hydroxyl groups is 2. The zero-order valence-electron chi connectivity index (χ0n) is 21.8. The molecule has 9 heteroatoms. The summed E-state index contributed by atoms with van der Waals surface area (Å²) in [4.78, 5) is 28.5. The van der Waals surface area contributed by atoms with E-state index in [1.807, 2.05) is 6.07 Å². The van der Waals surface area contributed by atoms with Crippen molar-refractivity contribution in [1.29, 1.82) is 0 Å². The second-order valence-electron chi connectivity index (χ2n) is 12.3. The highest BCUT2D eigenvalue weighted by Gasteiger charge is 2.73. The molecule has 1 spiro atoms. The van der Waals surface area contributed by atoms with Crippen molar-refractivity contribution in [1.82, 2.24) is 10.2 Å². The van der Waals surface area contributed by atoms with Gasteiger partial charge in [-0.05, 0) is 77.5 Å². The van der Waals surface area contributed by atoms with Crippen LogP contribution in [0.3, 0.4) is 0 Å². The van der Waals surface area contributed by atoms with Gasteiger partial charge in [0.1, 0.15) is 11.3 Å². The molecule has 5 aliphatic rings. The van der Waals surface area contributed by atoms with Gasteiger partial charge in [-0.25, -0.2) is 4.79 Å². The van der Waals surface area contributed by atoms with E-state index in [1.165, 1.54) is 12.8 Å². The highest BCUT2D eigenvalue weighted by atomic mass is 16.5. The fourth-order valence-corrected chi connectivity index (χ4v) is 7.14. The molecule has 1 saturated carbocycles. The number of nitrogens with one attached hydrogen (secondary N) is 1. The molecule has 1 saturated heterocycles. The predicted octanol–water partition coefficient (Wildman–Crippen LogP) is 2.22. The maximum absolute atomic E-state index is 13.6. The van der Waals surface area contributed by atoms with Crippen LogP contribution in [0.15, 0.2) is 23.5 Å². The molecule has 1 aromatic rings. The van der Waals surface area contributed by atoms with Crippen molar-refractivity contribution in [3.63, 3.8) is 0 Å². The van der Waals surface area contributed by atoms with E-state index in [4.69, 9.17) is 9.47 Å². The lowest BCUT2D eigenvalue weighted by Crippen LogP contribution is -2.76. The molecular formula is C28H36N2O7. The normalized spacial score (nSPS) is 32.2. The van der Waals surface area contributed by atoms with Crippen molar-refractivity contribution in [3.8, 4) is 11.5 Å². The van der Waals surface area contributed by atoms with Gasteiger partial charge in [-0.1, -0.05) is 6.07 Å². The molecule has 1 aromatic carbocycles. The molecule has 4 N–H and O–H groups in total. The molecule has 2 fully saturated rings. The summed E-state index contributed by atoms with van der Waals surface area (Å²) in [6.45, 7) is 8.18. The quantitative estimate of drug-likeness (QED) is 0.427. The summed E-state index contributed by atoms with van der Waals surface area (Å²) in [5.74, 6) is -0.635. The largest absolute Gasteiger partial charge is 0.508 e. The average molecular weight is 513 g/mol. The highest BCUT2D eigenvalue weighted by molar-refractivity contribution is 5.98. The van der Waals surface area contributed by atoms with Gasteiger partial charge >= 0.3 is 5.97 Å². The maximum atomic E-state index is 13.6. The van der Waals surface area contributed by atoms with E-state index in [-0.39, 0.29) is 41.4 Å². The Morgan fingerprint density at radius 2 is 2.00 bits per heavy atom. The van der Waals surface area contributed by atoms with Gasteiger partial charge in [0.25, 0.3) is 5.91 Å². The Morgan fingerprint density at radius 3 is 2.68 bits per heavy atom. The minimum atomic E-state index is -1.40. The van der Waals surface area contributed by atoms with Crippen LogP contribution in [-0.2, 0) is 26.2 Å². The van der Waals surface area contributed by atoms with E-state index in [9.17, 15) is 24.9 Å². The van der Waals surface area contributed by atoms with E-state index in [0.717, 1.165) is 24.2 Å². The SMILES string of the molecule is CC(C)OC(=O)C(C)(C)NC(=O)C1=C(O)[C@@H]2Oc3c(O)ccc4c3[C@@]23CCN(CC2CC2)[C@H](C4)[C@]3(O)C1. The second kappa shape index (κ2) is 7.86. The van der Waals surface area contributed by atoms with Crippen LogP contribution in [0.4, 0.5) is 0 Å². The number of nitrogens with zero attached hydrogens (tertiary/aromatic N) is 1. The van der Waals surface area contributed by atoms with E-state index < -0.39 is 34.5 Å². The van der Waals surface area contributed by atoms with Gasteiger partial charge in [-0.3, -0.25) is 9.69 Å². The Morgan fingerprint density at radius 1 is 1.27 bits per heavy atom. The summed E-state index contributed by atoms with van der Waals surface area (Å²) in [7, 11) is 0. The number of hydrogen-bond donors (Lipinski definition) is 4. The number of carbonyl (C=O) groups is 2. The van der Waals surface area contributed by atoms with Crippen molar-refractivity contribution in [2.45, 2.75) is 94.6 Å². The maximum Gasteiger partial charge on any atom is 0.331 e. The lowest BCUT2D eigenvalue weighted by atomic mass is 9.49. The molecule has 37 heavy (non-hydrogen) atoms. The molecule has 2 aliphatic heterocycles. The Hall–Kier alpha value is -2.78. The Kier molecular flexibility index (Phi) is 5.22. The lowest BCUT2D eigenvalue weighted by Gasteiger charge is -2.62. The first-order chi connectivity index (χ1) is 17.4. The molecule has 0 unspecified atom stereocenters. The summed E-state index contributed by atoms with van der Waals surface area (Å²) in [6, 6.07) is 3.22. The average Bonchev–Trinajstić information content (AvgIpc) is 3.55. The van der Waals surface area contributed by atoms with Crippen molar-refractivity contribution >= 4 is 11.9 Å². The predicted molar refractivity (Wildman–Crippen MR) is 133 cm³/mol. The van der Waals surface area contributed by atoms with Crippen LogP contribution in [0.25, 0.3) is 0 Å². The lowest BCUT2D eigenvalue weighted by molar-refractivity contribution is -0.173. The zero-order valence-corrected chi connectivity index (χ0v) is 21.8. The summed E-state index contributed by atoms with van der Waals surface area (Å²) in [6.07, 6.45) is 2.02. The zero-order chi connectivity index (χ0) is 26.5. The molecule has 1 amide bonds. The van der Waals surface area contributed by atoms with Gasteiger partial charge in [0.05, 0.1) is 22.7 Å². The number of rotatable bonds is 6. The standard InChI is InChI=1S/C28H36N2O7/c1-14(2)36-25(34)26(3,4)29-24(33)17-12-28(35)19-11-16-7-8-18(31)22-20(16)27(28,23(37-22)21(17)32)9-10-30(19)13-15-5-6-15/h7-8,14-15,19,23,31-32,35H,5-6,9-13H2,1-4H3,(H,29,33)/t19-,23+,27+,28-/m1/s1. The molecule has 0 radical (unpaired) electrons. The number of phenols is 1. The molecule has 200 valence electrons. The first-order valence-corrected chi connectivity index (χ1v) is 13.3. The number of aromatic hydroxyl groups is 1. The van der Waals surface area contributed by atoms with Gasteiger partial charge in [-0.2, -0.15) is 0 Å². The molecule has 6 rings (SSSR count). The number of aliphatic hydroxyl groups excluding tert-OH is 1. The van der Waals surface area contributed by atoms with Crippen molar-refractivity contribution in [2.24, 2.45) is 5.92 Å². The van der Waals surface area contributed by atoms with Gasteiger partial charge < -0.3 is 30.1 Å². The number of carbonyl (C=O) groups excluding carboxylic acids is 2. The highest BCUT2D eigenvalue weighted by Crippen LogP contribution is 2.66. The number of benzene rings is 1. The third-order valence-corrected chi connectivity index (χ3v) is 9.07. The van der Waals surface area contributed by atoms with Crippen molar-refractivity contribution in [3.05, 3.63) is 34.6 Å². The smallest absolute Gasteiger partial charge is 0.331 e. The molecule has 4 atom stereocenters. The van der Waals surface area contributed by atoms with Crippen LogP contribution in [0, 0.1) is 5.92 Å². The second-order valence-corrected chi connectivity index (χ2v) is 12.3. The molecule has 2 bridgehead atoms. The number of amides is 1. The Balaban J connectivity index is 1.43. The first-order valence-electron chi connectivity index (χ1n) is 13.3. The van der Waals surface area contributed by atoms with E-state index in [1.54, 1.807) is 33.8 Å². The van der Waals surface area contributed by atoms with Crippen LogP contribution < -0.4 is 10.1 Å². The number of esters is 1. The monoisotopic (exact) mass is 512 g/mol. The fourth-order valence-electron chi connectivity index (χ4n) is 7.14. The Bertz CT molecular complexity index is 1220. The molecule has 9 nitrogen and oxygen atoms in total. The first kappa shape index (κ1) is 24.6. The summed E-state index contributed by atoms with van der Waals surface area (Å²) in [5.41, 5.74) is -1.96. The number of likely N-dealkylation sites (tertiary alicyclic amines) is 1. The van der Waals surface area contributed by atoms with Crippen LogP contribution in [-0.4, -0.2) is 74.6 Å².